The van der Waals surface area contributed by atoms with Crippen LogP contribution in [0.25, 0.3) is 0 Å². The van der Waals surface area contributed by atoms with Gasteiger partial charge in [0.05, 0.1) is 0 Å². The maximum absolute atomic E-state index is 12.3. The van der Waals surface area contributed by atoms with Crippen molar-refractivity contribution in [2.24, 2.45) is 23.7 Å². The van der Waals surface area contributed by atoms with Gasteiger partial charge in [-0.2, -0.15) is 8.78 Å². The number of hydrogen-bond donors (Lipinski definition) is 0. The third kappa shape index (κ3) is 4.71. The highest BCUT2D eigenvalue weighted by atomic mass is 19.3. The van der Waals surface area contributed by atoms with E-state index in [4.69, 9.17) is 0 Å². The number of rotatable bonds is 5. The molecule has 0 unspecified atom stereocenters. The summed E-state index contributed by atoms with van der Waals surface area (Å²) in [5.41, 5.74) is 0. The van der Waals surface area contributed by atoms with Gasteiger partial charge in [0.2, 0.25) is 0 Å². The van der Waals surface area contributed by atoms with Crippen LogP contribution in [0.4, 0.5) is 8.78 Å². The summed E-state index contributed by atoms with van der Waals surface area (Å²) in [6, 6.07) is 0. The molecule has 0 amide bonds. The number of allylic oxidation sites excluding steroid dienone is 2. The molecule has 0 saturated heterocycles. The average Bonchev–Trinajstić information content (AvgIpc) is 2.46. The van der Waals surface area contributed by atoms with Gasteiger partial charge < -0.3 is 0 Å². The molecule has 0 aromatic carbocycles. The Kier molecular flexibility index (Phi) is 6.25. The van der Waals surface area contributed by atoms with Crippen LogP contribution in [-0.2, 0) is 0 Å². The molecule has 0 aromatic heterocycles. The molecule has 2 aliphatic carbocycles. The van der Waals surface area contributed by atoms with Gasteiger partial charge in [-0.3, -0.25) is 0 Å². The molecule has 114 valence electrons. The lowest BCUT2D eigenvalue weighted by Gasteiger charge is -2.37. The standard InChI is InChI=1S/C18H28F2/c1-2-3-4-14-5-9-16(10-6-14)17-11-7-15(8-12-17)13-18(19)20/h2,13-17H,1,3-12H2/t14-,15-,16-,17-. The monoisotopic (exact) mass is 282 g/mol. The molecule has 0 bridgehead atoms. The van der Waals surface area contributed by atoms with Crippen molar-refractivity contribution in [3.8, 4) is 0 Å². The topological polar surface area (TPSA) is 0 Å². The summed E-state index contributed by atoms with van der Waals surface area (Å²) in [6.07, 6.45) is 13.9. The zero-order valence-electron chi connectivity index (χ0n) is 12.5. The number of halogens is 2. The van der Waals surface area contributed by atoms with Crippen LogP contribution in [-0.4, -0.2) is 0 Å². The van der Waals surface area contributed by atoms with E-state index >= 15 is 0 Å². The predicted octanol–water partition coefficient (Wildman–Crippen LogP) is 6.35. The van der Waals surface area contributed by atoms with Gasteiger partial charge in [-0.05, 0) is 81.1 Å². The molecule has 2 saturated carbocycles. The molecule has 2 fully saturated rings. The average molecular weight is 282 g/mol. The normalized spacial score (nSPS) is 34.5. The lowest BCUT2D eigenvalue weighted by Crippen LogP contribution is -2.25. The van der Waals surface area contributed by atoms with E-state index < -0.39 is 6.08 Å². The Morgan fingerprint density at radius 1 is 0.900 bits per heavy atom. The van der Waals surface area contributed by atoms with Crippen LogP contribution in [0, 0.1) is 23.7 Å². The first-order chi connectivity index (χ1) is 9.69. The second-order valence-electron chi connectivity index (χ2n) is 6.78. The van der Waals surface area contributed by atoms with Crippen LogP contribution in [0.5, 0.6) is 0 Å². The fourth-order valence-electron chi connectivity index (χ4n) is 4.26. The first-order valence-electron chi connectivity index (χ1n) is 8.32. The summed E-state index contributed by atoms with van der Waals surface area (Å²) >= 11 is 0. The molecule has 0 atom stereocenters. The van der Waals surface area contributed by atoms with Crippen LogP contribution in [0.3, 0.4) is 0 Å². The van der Waals surface area contributed by atoms with Gasteiger partial charge in [0.25, 0.3) is 6.08 Å². The second kappa shape index (κ2) is 7.95. The van der Waals surface area contributed by atoms with Gasteiger partial charge in [-0.25, -0.2) is 0 Å². The smallest absolute Gasteiger partial charge is 0.174 e. The molecule has 0 aromatic rings. The summed E-state index contributed by atoms with van der Waals surface area (Å²) in [5, 5.41) is 0. The highest BCUT2D eigenvalue weighted by molar-refractivity contribution is 4.92. The van der Waals surface area contributed by atoms with Crippen molar-refractivity contribution < 1.29 is 8.78 Å². The van der Waals surface area contributed by atoms with Crippen LogP contribution in [0.1, 0.15) is 64.2 Å². The van der Waals surface area contributed by atoms with E-state index in [1.54, 1.807) is 0 Å². The van der Waals surface area contributed by atoms with Crippen molar-refractivity contribution in [3.63, 3.8) is 0 Å². The minimum absolute atomic E-state index is 0.139. The molecule has 2 rings (SSSR count). The van der Waals surface area contributed by atoms with Crippen LogP contribution in [0.15, 0.2) is 24.8 Å². The SMILES string of the molecule is C=CCC[C@H]1CC[C@H]([C@H]2CC[C@H](C=C(F)F)CC2)CC1. The predicted molar refractivity (Wildman–Crippen MR) is 80.6 cm³/mol. The van der Waals surface area contributed by atoms with Gasteiger partial charge in [-0.1, -0.05) is 18.9 Å². The third-order valence-corrected chi connectivity index (χ3v) is 5.52. The maximum atomic E-state index is 12.3. The zero-order valence-corrected chi connectivity index (χ0v) is 12.5. The van der Waals surface area contributed by atoms with E-state index in [9.17, 15) is 8.78 Å². The van der Waals surface area contributed by atoms with Crippen molar-refractivity contribution in [2.75, 3.05) is 0 Å². The molecule has 0 spiro atoms. The van der Waals surface area contributed by atoms with Gasteiger partial charge in [0.15, 0.2) is 0 Å². The molecule has 0 radical (unpaired) electrons. The fraction of sp³-hybridized carbons (Fsp3) is 0.778. The summed E-state index contributed by atoms with van der Waals surface area (Å²) in [4.78, 5) is 0. The molecule has 0 heterocycles. The Balaban J connectivity index is 1.70. The zero-order chi connectivity index (χ0) is 14.4. The van der Waals surface area contributed by atoms with E-state index in [0.717, 1.165) is 49.9 Å². The summed E-state index contributed by atoms with van der Waals surface area (Å²) in [5.74, 6) is 2.72. The van der Waals surface area contributed by atoms with Gasteiger partial charge in [0, 0.05) is 0 Å². The van der Waals surface area contributed by atoms with Crippen molar-refractivity contribution in [2.45, 2.75) is 64.2 Å². The Bertz CT molecular complexity index is 314. The molecule has 0 nitrogen and oxygen atoms in total. The largest absolute Gasteiger partial charge is 0.266 e. The molecule has 0 N–H and O–H groups in total. The molecule has 2 aliphatic rings. The van der Waals surface area contributed by atoms with Crippen molar-refractivity contribution in [3.05, 3.63) is 24.8 Å². The quantitative estimate of drug-likeness (QED) is 0.516. The van der Waals surface area contributed by atoms with Gasteiger partial charge in [-0.15, -0.1) is 6.58 Å². The Labute approximate surface area is 122 Å². The minimum atomic E-state index is -1.49. The van der Waals surface area contributed by atoms with Crippen LogP contribution in [0.2, 0.25) is 0 Å². The Morgan fingerprint density at radius 2 is 1.45 bits per heavy atom. The summed E-state index contributed by atoms with van der Waals surface area (Å²) in [6.45, 7) is 3.80. The maximum Gasteiger partial charge on any atom is 0.266 e. The van der Waals surface area contributed by atoms with Gasteiger partial charge in [0.1, 0.15) is 0 Å². The van der Waals surface area contributed by atoms with Gasteiger partial charge >= 0.3 is 0 Å². The minimum Gasteiger partial charge on any atom is -0.174 e. The van der Waals surface area contributed by atoms with Crippen molar-refractivity contribution in [1.29, 1.82) is 0 Å². The van der Waals surface area contributed by atoms with E-state index in [-0.39, 0.29) is 5.92 Å². The Hall–Kier alpha value is -0.660. The molecule has 0 aliphatic heterocycles. The molecular formula is C18H28F2. The first kappa shape index (κ1) is 15.7. The Morgan fingerprint density at radius 3 is 1.95 bits per heavy atom. The van der Waals surface area contributed by atoms with E-state index in [1.165, 1.54) is 38.2 Å². The second-order valence-corrected chi connectivity index (χ2v) is 6.78. The fourth-order valence-corrected chi connectivity index (χ4v) is 4.26. The van der Waals surface area contributed by atoms with Crippen molar-refractivity contribution >= 4 is 0 Å². The summed E-state index contributed by atoms with van der Waals surface area (Å²) in [7, 11) is 0. The lowest BCUT2D eigenvalue weighted by atomic mass is 9.69. The molecule has 20 heavy (non-hydrogen) atoms. The van der Waals surface area contributed by atoms with E-state index in [2.05, 4.69) is 6.58 Å². The lowest BCUT2D eigenvalue weighted by molar-refractivity contribution is 0.152. The van der Waals surface area contributed by atoms with Crippen molar-refractivity contribution in [1.82, 2.24) is 0 Å². The van der Waals surface area contributed by atoms with Crippen LogP contribution < -0.4 is 0 Å². The third-order valence-electron chi connectivity index (χ3n) is 5.52. The summed E-state index contributed by atoms with van der Waals surface area (Å²) < 4.78 is 24.5. The van der Waals surface area contributed by atoms with E-state index in [0.29, 0.717) is 0 Å². The van der Waals surface area contributed by atoms with Crippen LogP contribution >= 0.6 is 0 Å². The number of hydrogen-bond acceptors (Lipinski definition) is 0. The van der Waals surface area contributed by atoms with E-state index in [1.807, 2.05) is 6.08 Å². The molecular weight excluding hydrogens is 254 g/mol. The highest BCUT2D eigenvalue weighted by Crippen LogP contribution is 2.42. The highest BCUT2D eigenvalue weighted by Gasteiger charge is 2.30. The molecule has 2 heteroatoms. The first-order valence-corrected chi connectivity index (χ1v) is 8.32.